The van der Waals surface area contributed by atoms with Crippen molar-refractivity contribution in [2.75, 3.05) is 26.3 Å². The van der Waals surface area contributed by atoms with Crippen molar-refractivity contribution in [3.63, 3.8) is 0 Å². The lowest BCUT2D eigenvalue weighted by molar-refractivity contribution is -0.00126. The number of benzene rings is 1. The predicted molar refractivity (Wildman–Crippen MR) is 110 cm³/mol. The SMILES string of the molecule is CC1(C)[C@@H]2CC=C(/C=N\NC(=O)c3cccc(S(=O)(=O)N4CCOCC4)c3)[C@@H]1C2. The first-order valence-electron chi connectivity index (χ1n) is 10.0. The lowest BCUT2D eigenvalue weighted by Crippen LogP contribution is -2.48. The minimum atomic E-state index is -3.64. The highest BCUT2D eigenvalue weighted by Gasteiger charge is 2.50. The van der Waals surface area contributed by atoms with Gasteiger partial charge in [-0.2, -0.15) is 9.41 Å². The van der Waals surface area contributed by atoms with Crippen LogP contribution >= 0.6 is 0 Å². The van der Waals surface area contributed by atoms with Gasteiger partial charge in [0.05, 0.1) is 24.3 Å². The number of allylic oxidation sites excluding steroid dienone is 2. The Balaban J connectivity index is 1.43. The molecule has 0 aromatic heterocycles. The van der Waals surface area contributed by atoms with Crippen molar-refractivity contribution >= 4 is 22.1 Å². The van der Waals surface area contributed by atoms with Gasteiger partial charge in [0.1, 0.15) is 0 Å². The number of fused-ring (bicyclic) bond motifs is 1. The molecule has 1 saturated carbocycles. The standard InChI is InChI=1S/C21H27N3O4S/c1-21(2)17-7-6-16(19(21)13-17)14-22-23-20(25)15-4-3-5-18(12-15)29(26,27)24-8-10-28-11-9-24/h3-6,12,14,17,19H,7-11,13H2,1-2H3,(H,23,25)/b22-14-/t17-,19+/m1/s1. The minimum Gasteiger partial charge on any atom is -0.379 e. The molecule has 1 amide bonds. The molecule has 5 rings (SSSR count). The quantitative estimate of drug-likeness (QED) is 0.589. The maximum absolute atomic E-state index is 12.8. The van der Waals surface area contributed by atoms with Crippen LogP contribution in [0.1, 0.15) is 37.0 Å². The van der Waals surface area contributed by atoms with Crippen LogP contribution in [0.2, 0.25) is 0 Å². The van der Waals surface area contributed by atoms with Gasteiger partial charge in [0.15, 0.2) is 0 Å². The summed E-state index contributed by atoms with van der Waals surface area (Å²) in [6, 6.07) is 6.07. The Morgan fingerprint density at radius 1 is 1.31 bits per heavy atom. The van der Waals surface area contributed by atoms with E-state index in [1.165, 1.54) is 28.4 Å². The van der Waals surface area contributed by atoms with Crippen LogP contribution in [0.15, 0.2) is 45.9 Å². The largest absolute Gasteiger partial charge is 0.379 e. The summed E-state index contributed by atoms with van der Waals surface area (Å²) in [4.78, 5) is 12.6. The highest BCUT2D eigenvalue weighted by Crippen LogP contribution is 2.58. The molecule has 2 fully saturated rings. The molecule has 0 radical (unpaired) electrons. The first-order chi connectivity index (χ1) is 13.8. The van der Waals surface area contributed by atoms with E-state index in [4.69, 9.17) is 4.74 Å². The minimum absolute atomic E-state index is 0.105. The number of amides is 1. The van der Waals surface area contributed by atoms with Crippen molar-refractivity contribution in [2.24, 2.45) is 22.4 Å². The number of rotatable bonds is 5. The smallest absolute Gasteiger partial charge is 0.271 e. The molecule has 1 aromatic carbocycles. The molecule has 0 unspecified atom stereocenters. The maximum Gasteiger partial charge on any atom is 0.271 e. The highest BCUT2D eigenvalue weighted by atomic mass is 32.2. The summed E-state index contributed by atoms with van der Waals surface area (Å²) in [5.41, 5.74) is 4.26. The van der Waals surface area contributed by atoms with Gasteiger partial charge in [-0.25, -0.2) is 13.8 Å². The van der Waals surface area contributed by atoms with Crippen LogP contribution in [0.25, 0.3) is 0 Å². The number of hydrazone groups is 1. The van der Waals surface area contributed by atoms with Gasteiger partial charge in [-0.15, -0.1) is 0 Å². The number of morpholine rings is 1. The van der Waals surface area contributed by atoms with Crippen molar-refractivity contribution in [1.82, 2.24) is 9.73 Å². The number of nitrogens with one attached hydrogen (secondary N) is 1. The molecule has 1 saturated heterocycles. The van der Waals surface area contributed by atoms with E-state index < -0.39 is 15.9 Å². The Morgan fingerprint density at radius 3 is 2.76 bits per heavy atom. The van der Waals surface area contributed by atoms with Crippen molar-refractivity contribution in [3.05, 3.63) is 41.5 Å². The zero-order valence-electron chi connectivity index (χ0n) is 16.8. The zero-order valence-corrected chi connectivity index (χ0v) is 17.6. The number of nitrogens with zero attached hydrogens (tertiary/aromatic N) is 2. The highest BCUT2D eigenvalue weighted by molar-refractivity contribution is 7.89. The van der Waals surface area contributed by atoms with E-state index >= 15 is 0 Å². The van der Waals surface area contributed by atoms with Gasteiger partial charge >= 0.3 is 0 Å². The van der Waals surface area contributed by atoms with Crippen LogP contribution in [0.4, 0.5) is 0 Å². The lowest BCUT2D eigenvalue weighted by Gasteiger charge is -2.55. The summed E-state index contributed by atoms with van der Waals surface area (Å²) in [6.07, 6.45) is 6.17. The average molecular weight is 418 g/mol. The van der Waals surface area contributed by atoms with Crippen molar-refractivity contribution in [2.45, 2.75) is 31.6 Å². The Morgan fingerprint density at radius 2 is 2.07 bits per heavy atom. The van der Waals surface area contributed by atoms with E-state index in [0.29, 0.717) is 37.6 Å². The molecule has 1 N–H and O–H groups in total. The maximum atomic E-state index is 12.8. The summed E-state index contributed by atoms with van der Waals surface area (Å²) in [7, 11) is -3.64. The molecule has 3 aliphatic carbocycles. The van der Waals surface area contributed by atoms with Gasteiger partial charge < -0.3 is 4.74 Å². The van der Waals surface area contributed by atoms with Gasteiger partial charge in [-0.05, 0) is 53.9 Å². The van der Waals surface area contributed by atoms with Crippen LogP contribution < -0.4 is 5.43 Å². The molecule has 7 nitrogen and oxygen atoms in total. The number of carbonyl (C=O) groups is 1. The fraction of sp³-hybridized carbons (Fsp3) is 0.524. The lowest BCUT2D eigenvalue weighted by atomic mass is 9.49. The Kier molecular flexibility index (Phi) is 5.35. The fourth-order valence-electron chi connectivity index (χ4n) is 4.51. The van der Waals surface area contributed by atoms with Crippen molar-refractivity contribution in [3.8, 4) is 0 Å². The zero-order chi connectivity index (χ0) is 20.6. The van der Waals surface area contributed by atoms with Crippen LogP contribution in [0, 0.1) is 17.3 Å². The molecule has 4 aliphatic rings. The van der Waals surface area contributed by atoms with Gasteiger partial charge in [0.2, 0.25) is 10.0 Å². The van der Waals surface area contributed by atoms with Crippen LogP contribution in [0.5, 0.6) is 0 Å². The Labute approximate surface area is 171 Å². The average Bonchev–Trinajstić information content (AvgIpc) is 2.74. The normalized spacial score (nSPS) is 26.6. The molecule has 29 heavy (non-hydrogen) atoms. The Bertz CT molecular complexity index is 962. The number of ether oxygens (including phenoxy) is 1. The summed E-state index contributed by atoms with van der Waals surface area (Å²) >= 11 is 0. The third-order valence-corrected chi connectivity index (χ3v) is 8.49. The predicted octanol–water partition coefficient (Wildman–Crippen LogP) is 2.42. The molecule has 1 aliphatic heterocycles. The third kappa shape index (κ3) is 3.76. The third-order valence-electron chi connectivity index (χ3n) is 6.59. The van der Waals surface area contributed by atoms with E-state index in [1.807, 2.05) is 0 Å². The summed E-state index contributed by atoms with van der Waals surface area (Å²) < 4.78 is 32.2. The van der Waals surface area contributed by atoms with E-state index in [2.05, 4.69) is 30.5 Å². The van der Waals surface area contributed by atoms with Crippen LogP contribution in [0.3, 0.4) is 0 Å². The second-order valence-electron chi connectivity index (χ2n) is 8.49. The van der Waals surface area contributed by atoms with Gasteiger partial charge in [-0.1, -0.05) is 26.0 Å². The van der Waals surface area contributed by atoms with E-state index in [-0.39, 0.29) is 10.5 Å². The molecule has 1 heterocycles. The first-order valence-corrected chi connectivity index (χ1v) is 11.5. The number of hydrogen-bond acceptors (Lipinski definition) is 5. The van der Waals surface area contributed by atoms with Crippen LogP contribution in [-0.4, -0.2) is 51.1 Å². The molecule has 2 atom stereocenters. The van der Waals surface area contributed by atoms with E-state index in [1.54, 1.807) is 18.3 Å². The molecule has 8 heteroatoms. The first kappa shape index (κ1) is 20.3. The molecular formula is C21H27N3O4S. The van der Waals surface area contributed by atoms with Gasteiger partial charge in [0.25, 0.3) is 5.91 Å². The fourth-order valence-corrected chi connectivity index (χ4v) is 5.96. The molecule has 2 bridgehead atoms. The van der Waals surface area contributed by atoms with Gasteiger partial charge in [-0.3, -0.25) is 4.79 Å². The van der Waals surface area contributed by atoms with Crippen LogP contribution in [-0.2, 0) is 14.8 Å². The van der Waals surface area contributed by atoms with Crippen molar-refractivity contribution < 1.29 is 17.9 Å². The number of sulfonamides is 1. The topological polar surface area (TPSA) is 88.1 Å². The van der Waals surface area contributed by atoms with E-state index in [0.717, 1.165) is 12.3 Å². The molecule has 1 aromatic rings. The second kappa shape index (κ2) is 7.66. The Hall–Kier alpha value is -2.03. The monoisotopic (exact) mass is 417 g/mol. The van der Waals surface area contributed by atoms with E-state index in [9.17, 15) is 13.2 Å². The summed E-state index contributed by atoms with van der Waals surface area (Å²) in [6.45, 7) is 5.95. The summed E-state index contributed by atoms with van der Waals surface area (Å²) in [5, 5.41) is 4.12. The van der Waals surface area contributed by atoms with Gasteiger partial charge in [0, 0.05) is 18.7 Å². The summed E-state index contributed by atoms with van der Waals surface area (Å²) in [5.74, 6) is 0.807. The number of carbonyl (C=O) groups excluding carboxylic acids is 1. The molecule has 156 valence electrons. The van der Waals surface area contributed by atoms with Crippen molar-refractivity contribution in [1.29, 1.82) is 0 Å². The number of hydrogen-bond donors (Lipinski definition) is 1. The molecular weight excluding hydrogens is 390 g/mol. The second-order valence-corrected chi connectivity index (χ2v) is 10.4. The molecule has 0 spiro atoms.